The van der Waals surface area contributed by atoms with Crippen molar-refractivity contribution in [1.82, 2.24) is 24.2 Å². The van der Waals surface area contributed by atoms with Gasteiger partial charge in [-0.2, -0.15) is 5.10 Å². The van der Waals surface area contributed by atoms with Crippen LogP contribution in [0.2, 0.25) is 0 Å². The minimum absolute atomic E-state index is 0.0145. The van der Waals surface area contributed by atoms with E-state index in [2.05, 4.69) is 10.1 Å². The molecule has 1 amide bonds. The quantitative estimate of drug-likeness (QED) is 0.762. The molecule has 8 nitrogen and oxygen atoms in total. The maximum absolute atomic E-state index is 11.8. The van der Waals surface area contributed by atoms with Crippen LogP contribution in [-0.2, 0) is 35.6 Å². The van der Waals surface area contributed by atoms with E-state index in [1.54, 1.807) is 22.8 Å². The lowest BCUT2D eigenvalue weighted by atomic mass is 10.0. The molecule has 134 valence electrons. The van der Waals surface area contributed by atoms with Crippen LogP contribution in [0.5, 0.6) is 0 Å². The van der Waals surface area contributed by atoms with E-state index in [1.807, 2.05) is 28.8 Å². The number of carbonyl (C=O) groups excluding carboxylic acids is 1. The number of hydrogen-bond donors (Lipinski definition) is 1. The molecule has 0 saturated carbocycles. The molecule has 3 aromatic rings. The van der Waals surface area contributed by atoms with Gasteiger partial charge in [0.05, 0.1) is 29.6 Å². The van der Waals surface area contributed by atoms with E-state index in [1.165, 1.54) is 0 Å². The number of aromatic nitrogens is 4. The predicted octanol–water partition coefficient (Wildman–Crippen LogP) is 1.27. The van der Waals surface area contributed by atoms with Crippen molar-refractivity contribution in [3.63, 3.8) is 0 Å². The summed E-state index contributed by atoms with van der Waals surface area (Å²) in [6, 6.07) is 7.83. The van der Waals surface area contributed by atoms with Gasteiger partial charge in [0.2, 0.25) is 5.91 Å². The average Bonchev–Trinajstić information content (AvgIpc) is 3.17. The van der Waals surface area contributed by atoms with Crippen molar-refractivity contribution < 1.29 is 14.7 Å². The Morgan fingerprint density at radius 3 is 2.85 bits per heavy atom. The summed E-state index contributed by atoms with van der Waals surface area (Å²) in [5.41, 5.74) is 4.54. The minimum Gasteiger partial charge on any atom is -0.480 e. The molecule has 1 aliphatic heterocycles. The maximum atomic E-state index is 11.8. The lowest BCUT2D eigenvalue weighted by Crippen LogP contribution is -2.35. The van der Waals surface area contributed by atoms with Gasteiger partial charge in [-0.25, -0.2) is 4.98 Å². The van der Waals surface area contributed by atoms with Gasteiger partial charge in [-0.15, -0.1) is 0 Å². The number of imidazole rings is 1. The zero-order valence-electron chi connectivity index (χ0n) is 14.4. The molecule has 0 aliphatic carbocycles. The molecular weight excluding hydrogens is 334 g/mol. The van der Waals surface area contributed by atoms with Crippen LogP contribution in [0.1, 0.15) is 23.9 Å². The summed E-state index contributed by atoms with van der Waals surface area (Å²) in [6.45, 7) is 2.91. The van der Waals surface area contributed by atoms with E-state index in [9.17, 15) is 14.7 Å². The number of para-hydroxylation sites is 2. The SMILES string of the molecule is CC(=O)N1CCc2c(c(Cn3cnc4ccccc43)nn2CC(=O)O)C1. The van der Waals surface area contributed by atoms with Crippen LogP contribution in [0.4, 0.5) is 0 Å². The molecule has 1 N–H and O–H groups in total. The number of benzene rings is 1. The van der Waals surface area contributed by atoms with Crippen LogP contribution in [-0.4, -0.2) is 47.8 Å². The molecule has 1 aromatic carbocycles. The van der Waals surface area contributed by atoms with Crippen LogP contribution in [0, 0.1) is 0 Å². The van der Waals surface area contributed by atoms with Crippen LogP contribution in [0.3, 0.4) is 0 Å². The van der Waals surface area contributed by atoms with Crippen molar-refractivity contribution in [1.29, 1.82) is 0 Å². The van der Waals surface area contributed by atoms with Gasteiger partial charge in [0.15, 0.2) is 0 Å². The molecule has 0 fully saturated rings. The Balaban J connectivity index is 1.74. The fraction of sp³-hybridized carbons (Fsp3) is 0.333. The van der Waals surface area contributed by atoms with Crippen molar-refractivity contribution in [3.8, 4) is 0 Å². The number of carboxylic acid groups (broad SMARTS) is 1. The lowest BCUT2D eigenvalue weighted by molar-refractivity contribution is -0.138. The van der Waals surface area contributed by atoms with Crippen LogP contribution in [0.15, 0.2) is 30.6 Å². The van der Waals surface area contributed by atoms with E-state index in [4.69, 9.17) is 0 Å². The van der Waals surface area contributed by atoms with Gasteiger partial charge >= 0.3 is 5.97 Å². The highest BCUT2D eigenvalue weighted by atomic mass is 16.4. The number of carboxylic acids is 1. The molecule has 26 heavy (non-hydrogen) atoms. The number of fused-ring (bicyclic) bond motifs is 2. The normalized spacial score (nSPS) is 13.8. The Bertz CT molecular complexity index is 1000. The van der Waals surface area contributed by atoms with Crippen LogP contribution >= 0.6 is 0 Å². The third-order valence-electron chi connectivity index (χ3n) is 4.80. The number of hydrogen-bond acceptors (Lipinski definition) is 4. The average molecular weight is 353 g/mol. The van der Waals surface area contributed by atoms with Gasteiger partial charge in [0, 0.05) is 37.7 Å². The van der Waals surface area contributed by atoms with E-state index in [0.717, 1.165) is 28.0 Å². The van der Waals surface area contributed by atoms with Gasteiger partial charge in [0.1, 0.15) is 6.54 Å². The topological polar surface area (TPSA) is 93.3 Å². The monoisotopic (exact) mass is 353 g/mol. The fourth-order valence-electron chi connectivity index (χ4n) is 3.51. The third-order valence-corrected chi connectivity index (χ3v) is 4.80. The minimum atomic E-state index is -0.927. The van der Waals surface area contributed by atoms with Gasteiger partial charge in [0.25, 0.3) is 0 Å². The van der Waals surface area contributed by atoms with Crippen LogP contribution < -0.4 is 0 Å². The van der Waals surface area contributed by atoms with Crippen molar-refractivity contribution in [2.75, 3.05) is 6.54 Å². The van der Waals surface area contributed by atoms with Crippen molar-refractivity contribution >= 4 is 22.9 Å². The second-order valence-electron chi connectivity index (χ2n) is 6.48. The highest BCUT2D eigenvalue weighted by Crippen LogP contribution is 2.24. The van der Waals surface area contributed by atoms with Crippen LogP contribution in [0.25, 0.3) is 11.0 Å². The highest BCUT2D eigenvalue weighted by molar-refractivity contribution is 5.75. The van der Waals surface area contributed by atoms with Gasteiger partial charge in [-0.3, -0.25) is 14.3 Å². The smallest absolute Gasteiger partial charge is 0.325 e. The first kappa shape index (κ1) is 16.3. The van der Waals surface area contributed by atoms with Gasteiger partial charge in [-0.05, 0) is 12.1 Å². The molecule has 0 bridgehead atoms. The lowest BCUT2D eigenvalue weighted by Gasteiger charge is -2.26. The number of aliphatic carboxylic acids is 1. The van der Waals surface area contributed by atoms with Crippen molar-refractivity contribution in [2.45, 2.75) is 33.0 Å². The predicted molar refractivity (Wildman–Crippen MR) is 93.5 cm³/mol. The zero-order valence-corrected chi connectivity index (χ0v) is 14.4. The highest BCUT2D eigenvalue weighted by Gasteiger charge is 2.27. The van der Waals surface area contributed by atoms with E-state index in [0.29, 0.717) is 26.1 Å². The Morgan fingerprint density at radius 1 is 1.27 bits per heavy atom. The molecule has 0 atom stereocenters. The van der Waals surface area contributed by atoms with E-state index >= 15 is 0 Å². The Morgan fingerprint density at radius 2 is 2.08 bits per heavy atom. The Hall–Kier alpha value is -3.16. The molecule has 0 unspecified atom stereocenters. The second kappa shape index (κ2) is 6.29. The molecule has 3 heterocycles. The second-order valence-corrected chi connectivity index (χ2v) is 6.48. The maximum Gasteiger partial charge on any atom is 0.325 e. The summed E-state index contributed by atoms with van der Waals surface area (Å²) < 4.78 is 3.55. The summed E-state index contributed by atoms with van der Waals surface area (Å²) in [5, 5.41) is 13.7. The van der Waals surface area contributed by atoms with Gasteiger partial charge < -0.3 is 14.6 Å². The summed E-state index contributed by atoms with van der Waals surface area (Å²) in [4.78, 5) is 29.1. The molecule has 8 heteroatoms. The number of carbonyl (C=O) groups is 2. The number of amides is 1. The van der Waals surface area contributed by atoms with E-state index < -0.39 is 5.97 Å². The zero-order chi connectivity index (χ0) is 18.3. The Kier molecular flexibility index (Phi) is 3.95. The first-order chi connectivity index (χ1) is 12.5. The van der Waals surface area contributed by atoms with Gasteiger partial charge in [-0.1, -0.05) is 12.1 Å². The summed E-state index contributed by atoms with van der Waals surface area (Å²) >= 11 is 0. The molecule has 4 rings (SSSR count). The summed E-state index contributed by atoms with van der Waals surface area (Å²) in [5.74, 6) is -0.912. The Labute approximate surface area is 149 Å². The molecule has 1 aliphatic rings. The number of nitrogens with zero attached hydrogens (tertiary/aromatic N) is 5. The summed E-state index contributed by atoms with van der Waals surface area (Å²) in [7, 11) is 0. The molecule has 0 saturated heterocycles. The first-order valence-electron chi connectivity index (χ1n) is 8.47. The first-order valence-corrected chi connectivity index (χ1v) is 8.47. The molecule has 0 radical (unpaired) electrons. The molecule has 0 spiro atoms. The standard InChI is InChI=1S/C18H19N5O3/c1-12(24)21-7-6-16-13(8-21)15(20-23(16)10-18(25)26)9-22-11-19-14-4-2-3-5-17(14)22/h2-5,11H,6-10H2,1H3,(H,25,26). The number of rotatable bonds is 4. The largest absolute Gasteiger partial charge is 0.480 e. The summed E-state index contributed by atoms with van der Waals surface area (Å²) in [6.07, 6.45) is 2.37. The molecular formula is C18H19N5O3. The van der Waals surface area contributed by atoms with Crippen molar-refractivity contribution in [3.05, 3.63) is 47.5 Å². The third kappa shape index (κ3) is 2.83. The molecule has 2 aromatic heterocycles. The fourth-order valence-corrected chi connectivity index (χ4v) is 3.51. The van der Waals surface area contributed by atoms with Crippen molar-refractivity contribution in [2.24, 2.45) is 0 Å². The van der Waals surface area contributed by atoms with E-state index in [-0.39, 0.29) is 12.5 Å².